The van der Waals surface area contributed by atoms with E-state index in [9.17, 15) is 4.79 Å². The average molecular weight is 334 g/mol. The van der Waals surface area contributed by atoms with Crippen LogP contribution in [0.25, 0.3) is 0 Å². The van der Waals surface area contributed by atoms with Gasteiger partial charge in [0.15, 0.2) is 5.82 Å². The molecular weight excluding hydrogens is 308 g/mol. The molecule has 24 heavy (non-hydrogen) atoms. The van der Waals surface area contributed by atoms with E-state index in [2.05, 4.69) is 15.0 Å². The fraction of sp³-hybridized carbons (Fsp3) is 0.824. The third-order valence-electron chi connectivity index (χ3n) is 5.36. The smallest absolute Gasteiger partial charge is 0.229 e. The topological polar surface area (TPSA) is 71.7 Å². The van der Waals surface area contributed by atoms with Crippen molar-refractivity contribution in [2.24, 2.45) is 5.92 Å². The summed E-state index contributed by atoms with van der Waals surface area (Å²) in [6.45, 7) is 6.92. The van der Waals surface area contributed by atoms with E-state index in [1.54, 1.807) is 6.92 Å². The summed E-state index contributed by atoms with van der Waals surface area (Å²) in [7, 11) is 0. The van der Waals surface area contributed by atoms with Gasteiger partial charge in [-0.15, -0.1) is 0 Å². The zero-order chi connectivity index (χ0) is 16.5. The third-order valence-corrected chi connectivity index (χ3v) is 5.36. The van der Waals surface area contributed by atoms with Crippen LogP contribution >= 0.6 is 0 Å². The summed E-state index contributed by atoms with van der Waals surface area (Å²) < 4.78 is 10.8. The Balaban J connectivity index is 1.34. The van der Waals surface area contributed by atoms with Crippen LogP contribution in [0.1, 0.15) is 50.2 Å². The van der Waals surface area contributed by atoms with E-state index in [0.29, 0.717) is 24.2 Å². The molecule has 132 valence electrons. The van der Waals surface area contributed by atoms with Gasteiger partial charge in [0.05, 0.1) is 13.2 Å². The summed E-state index contributed by atoms with van der Waals surface area (Å²) in [6, 6.07) is 0.243. The van der Waals surface area contributed by atoms with Crippen molar-refractivity contribution >= 4 is 5.91 Å². The Morgan fingerprint density at radius 2 is 2.21 bits per heavy atom. The van der Waals surface area contributed by atoms with E-state index in [4.69, 9.17) is 9.26 Å². The van der Waals surface area contributed by atoms with Crippen LogP contribution in [0.4, 0.5) is 0 Å². The lowest BCUT2D eigenvalue weighted by atomic mass is 10.1. The first kappa shape index (κ1) is 16.0. The van der Waals surface area contributed by atoms with Crippen molar-refractivity contribution in [2.75, 3.05) is 32.8 Å². The van der Waals surface area contributed by atoms with Gasteiger partial charge in [0.1, 0.15) is 0 Å². The van der Waals surface area contributed by atoms with Crippen molar-refractivity contribution in [3.63, 3.8) is 0 Å². The number of rotatable bonds is 6. The van der Waals surface area contributed by atoms with E-state index >= 15 is 0 Å². The number of likely N-dealkylation sites (tertiary alicyclic amines) is 1. The predicted octanol–water partition coefficient (Wildman–Crippen LogP) is 1.41. The molecule has 1 saturated carbocycles. The van der Waals surface area contributed by atoms with Gasteiger partial charge in [0.25, 0.3) is 0 Å². The average Bonchev–Trinajstić information content (AvgIpc) is 2.97. The molecule has 7 heteroatoms. The Hall–Kier alpha value is -1.47. The zero-order valence-corrected chi connectivity index (χ0v) is 14.3. The maximum Gasteiger partial charge on any atom is 0.229 e. The number of carbonyl (C=O) groups excluding carboxylic acids is 1. The Kier molecular flexibility index (Phi) is 4.54. The molecule has 2 atom stereocenters. The number of carbonyl (C=O) groups is 1. The fourth-order valence-electron chi connectivity index (χ4n) is 3.80. The summed E-state index contributed by atoms with van der Waals surface area (Å²) in [6.07, 6.45) is 4.45. The Bertz CT molecular complexity index is 580. The lowest BCUT2D eigenvalue weighted by Gasteiger charge is -2.27. The molecule has 2 aliphatic heterocycles. The maximum atomic E-state index is 12.1. The molecule has 2 saturated heterocycles. The number of hydrogen-bond donors (Lipinski definition) is 0. The molecule has 1 aromatic heterocycles. The number of ether oxygens (including phenoxy) is 1. The standard InChI is InChI=1S/C17H26N4O3/c1-12(22)21(10-16-18-17(24-19-16)14-2-3-14)15-4-6-20(9-15)8-13-5-7-23-11-13/h13-15H,2-11H2,1H3/t13-,15-/m1/s1. The lowest BCUT2D eigenvalue weighted by molar-refractivity contribution is -0.131. The van der Waals surface area contributed by atoms with Gasteiger partial charge in [-0.05, 0) is 31.6 Å². The minimum atomic E-state index is 0.0869. The molecular formula is C17H26N4O3. The second-order valence-corrected chi connectivity index (χ2v) is 7.40. The van der Waals surface area contributed by atoms with Crippen molar-refractivity contribution in [1.82, 2.24) is 19.9 Å². The van der Waals surface area contributed by atoms with Crippen LogP contribution in [0.5, 0.6) is 0 Å². The highest BCUT2D eigenvalue weighted by atomic mass is 16.5. The molecule has 0 radical (unpaired) electrons. The van der Waals surface area contributed by atoms with Crippen LogP contribution in [0.2, 0.25) is 0 Å². The number of amides is 1. The van der Waals surface area contributed by atoms with Gasteiger partial charge in [-0.3, -0.25) is 4.79 Å². The van der Waals surface area contributed by atoms with Gasteiger partial charge in [-0.25, -0.2) is 0 Å². The van der Waals surface area contributed by atoms with Crippen molar-refractivity contribution in [3.05, 3.63) is 11.7 Å². The van der Waals surface area contributed by atoms with Crippen molar-refractivity contribution in [1.29, 1.82) is 0 Å². The maximum absolute atomic E-state index is 12.1. The van der Waals surface area contributed by atoms with E-state index < -0.39 is 0 Å². The molecule has 1 aromatic rings. The Morgan fingerprint density at radius 1 is 1.33 bits per heavy atom. The van der Waals surface area contributed by atoms with Gasteiger partial charge in [0.2, 0.25) is 11.8 Å². The minimum Gasteiger partial charge on any atom is -0.381 e. The lowest BCUT2D eigenvalue weighted by Crippen LogP contribution is -2.41. The number of aromatic nitrogens is 2. The van der Waals surface area contributed by atoms with Gasteiger partial charge >= 0.3 is 0 Å². The predicted molar refractivity (Wildman–Crippen MR) is 86.3 cm³/mol. The zero-order valence-electron chi connectivity index (χ0n) is 14.3. The van der Waals surface area contributed by atoms with E-state index in [1.165, 1.54) is 0 Å². The largest absolute Gasteiger partial charge is 0.381 e. The quantitative estimate of drug-likeness (QED) is 0.783. The fourth-order valence-corrected chi connectivity index (χ4v) is 3.80. The van der Waals surface area contributed by atoms with Crippen molar-refractivity contribution < 1.29 is 14.1 Å². The monoisotopic (exact) mass is 334 g/mol. The summed E-state index contributed by atoms with van der Waals surface area (Å²) in [5.74, 6) is 2.56. The summed E-state index contributed by atoms with van der Waals surface area (Å²) in [5.41, 5.74) is 0. The summed E-state index contributed by atoms with van der Waals surface area (Å²) in [5, 5.41) is 4.06. The summed E-state index contributed by atoms with van der Waals surface area (Å²) >= 11 is 0. The molecule has 7 nitrogen and oxygen atoms in total. The van der Waals surface area contributed by atoms with Gasteiger partial charge in [-0.2, -0.15) is 4.98 Å². The normalized spacial score (nSPS) is 27.7. The SMILES string of the molecule is CC(=O)N(Cc1noc(C2CC2)n1)[C@@H]1CCN(C[C@H]2CCOC2)C1. The highest BCUT2D eigenvalue weighted by Gasteiger charge is 2.33. The molecule has 1 amide bonds. The molecule has 4 rings (SSSR count). The minimum absolute atomic E-state index is 0.0869. The van der Waals surface area contributed by atoms with Gasteiger partial charge in [0, 0.05) is 45.1 Å². The first-order chi connectivity index (χ1) is 11.7. The van der Waals surface area contributed by atoms with Crippen LogP contribution in [-0.4, -0.2) is 64.7 Å². The molecule has 0 unspecified atom stereocenters. The highest BCUT2D eigenvalue weighted by molar-refractivity contribution is 5.73. The molecule has 3 heterocycles. The first-order valence-corrected chi connectivity index (χ1v) is 9.09. The molecule has 0 aromatic carbocycles. The van der Waals surface area contributed by atoms with Crippen LogP contribution in [0.3, 0.4) is 0 Å². The number of nitrogens with zero attached hydrogens (tertiary/aromatic N) is 4. The molecule has 0 N–H and O–H groups in total. The third kappa shape index (κ3) is 3.62. The summed E-state index contributed by atoms with van der Waals surface area (Å²) in [4.78, 5) is 21.0. The van der Waals surface area contributed by atoms with Gasteiger partial charge < -0.3 is 19.1 Å². The van der Waals surface area contributed by atoms with Crippen molar-refractivity contribution in [3.8, 4) is 0 Å². The van der Waals surface area contributed by atoms with E-state index in [-0.39, 0.29) is 11.9 Å². The van der Waals surface area contributed by atoms with E-state index in [0.717, 1.165) is 64.4 Å². The molecule has 1 aliphatic carbocycles. The van der Waals surface area contributed by atoms with Crippen LogP contribution in [0.15, 0.2) is 4.52 Å². The van der Waals surface area contributed by atoms with Gasteiger partial charge in [-0.1, -0.05) is 5.16 Å². The molecule has 3 fully saturated rings. The van der Waals surface area contributed by atoms with Crippen molar-refractivity contribution in [2.45, 2.75) is 51.1 Å². The number of hydrogen-bond acceptors (Lipinski definition) is 6. The second kappa shape index (κ2) is 6.80. The van der Waals surface area contributed by atoms with Crippen LogP contribution < -0.4 is 0 Å². The molecule has 0 bridgehead atoms. The van der Waals surface area contributed by atoms with Crippen LogP contribution in [-0.2, 0) is 16.1 Å². The first-order valence-electron chi connectivity index (χ1n) is 9.09. The molecule has 0 spiro atoms. The molecule has 3 aliphatic rings. The van der Waals surface area contributed by atoms with Crippen LogP contribution in [0, 0.1) is 5.92 Å². The Labute approximate surface area is 142 Å². The Morgan fingerprint density at radius 3 is 2.92 bits per heavy atom. The van der Waals surface area contributed by atoms with E-state index in [1.807, 2.05) is 4.90 Å². The highest BCUT2D eigenvalue weighted by Crippen LogP contribution is 2.38. The second-order valence-electron chi connectivity index (χ2n) is 7.40.